The molecule has 1 aromatic carbocycles. The molecule has 0 amide bonds. The van der Waals surface area contributed by atoms with Crippen molar-refractivity contribution in [2.24, 2.45) is 10.9 Å². The number of guanidine groups is 1. The summed E-state index contributed by atoms with van der Waals surface area (Å²) in [5.41, 5.74) is 0.945. The lowest BCUT2D eigenvalue weighted by molar-refractivity contribution is 0.169. The Morgan fingerprint density at radius 3 is 3.00 bits per heavy atom. The minimum Gasteiger partial charge on any atom is -0.356 e. The molecule has 1 aliphatic rings. The topological polar surface area (TPSA) is 30.9 Å². The normalized spacial score (nSPS) is 18.5. The van der Waals surface area contributed by atoms with Gasteiger partial charge in [-0.25, -0.2) is 4.39 Å². The summed E-state index contributed by atoms with van der Waals surface area (Å²) in [6.07, 6.45) is 2.49. The smallest absolute Gasteiger partial charge is 0.193 e. The molecule has 1 fully saturated rings. The zero-order valence-corrected chi connectivity index (χ0v) is 17.0. The van der Waals surface area contributed by atoms with Gasteiger partial charge in [0, 0.05) is 45.2 Å². The Morgan fingerprint density at radius 2 is 2.26 bits per heavy atom. The summed E-state index contributed by atoms with van der Waals surface area (Å²) >= 11 is 1.84. The molecule has 1 aromatic heterocycles. The molecule has 0 aliphatic carbocycles. The highest BCUT2D eigenvalue weighted by molar-refractivity contribution is 7.09. The van der Waals surface area contributed by atoms with Crippen LogP contribution in [0.2, 0.25) is 0 Å². The summed E-state index contributed by atoms with van der Waals surface area (Å²) in [6, 6.07) is 11.1. The van der Waals surface area contributed by atoms with Crippen LogP contribution in [-0.4, -0.2) is 49.5 Å². The Labute approximate surface area is 165 Å². The number of nitrogens with one attached hydrogen (secondary N) is 1. The van der Waals surface area contributed by atoms with Gasteiger partial charge < -0.3 is 10.2 Å². The van der Waals surface area contributed by atoms with Gasteiger partial charge in [-0.3, -0.25) is 9.89 Å². The van der Waals surface area contributed by atoms with Crippen molar-refractivity contribution in [3.63, 3.8) is 0 Å². The first-order valence-electron chi connectivity index (χ1n) is 9.55. The molecule has 0 saturated carbocycles. The van der Waals surface area contributed by atoms with Crippen molar-refractivity contribution in [2.75, 3.05) is 33.7 Å². The maximum absolute atomic E-state index is 13.4. The van der Waals surface area contributed by atoms with Crippen LogP contribution in [0.5, 0.6) is 0 Å². The van der Waals surface area contributed by atoms with Crippen LogP contribution in [0, 0.1) is 11.7 Å². The van der Waals surface area contributed by atoms with Crippen LogP contribution in [0.1, 0.15) is 23.3 Å². The molecule has 27 heavy (non-hydrogen) atoms. The van der Waals surface area contributed by atoms with E-state index in [4.69, 9.17) is 0 Å². The first kappa shape index (κ1) is 19.8. The van der Waals surface area contributed by atoms with Crippen LogP contribution in [0.25, 0.3) is 0 Å². The van der Waals surface area contributed by atoms with Crippen molar-refractivity contribution in [3.8, 4) is 0 Å². The van der Waals surface area contributed by atoms with Gasteiger partial charge in [-0.1, -0.05) is 18.2 Å². The molecule has 0 bridgehead atoms. The molecule has 2 aromatic rings. The average Bonchev–Trinajstić information content (AvgIpc) is 3.15. The molecule has 4 nitrogen and oxygen atoms in total. The second-order valence-electron chi connectivity index (χ2n) is 7.24. The summed E-state index contributed by atoms with van der Waals surface area (Å²) in [5.74, 6) is 1.28. The Balaban J connectivity index is 1.48. The maximum atomic E-state index is 13.4. The van der Waals surface area contributed by atoms with Crippen molar-refractivity contribution < 1.29 is 4.39 Å². The van der Waals surface area contributed by atoms with Crippen LogP contribution < -0.4 is 5.32 Å². The van der Waals surface area contributed by atoms with Crippen LogP contribution in [0.4, 0.5) is 4.39 Å². The summed E-state index contributed by atoms with van der Waals surface area (Å²) < 4.78 is 13.4. The van der Waals surface area contributed by atoms with E-state index in [0.29, 0.717) is 12.5 Å². The fraction of sp³-hybridized carbons (Fsp3) is 0.476. The van der Waals surface area contributed by atoms with E-state index in [1.807, 2.05) is 29.4 Å². The molecule has 0 spiro atoms. The second kappa shape index (κ2) is 9.85. The standard InChI is InChI=1S/C21H29FN4S/c1-23-21(25(2)14-17-6-3-8-19(22)12-17)24-13-18-7-4-10-26(15-18)16-20-9-5-11-27-20/h3,5-6,8-9,11-12,18H,4,7,10,13-16H2,1-2H3,(H,23,24). The maximum Gasteiger partial charge on any atom is 0.193 e. The fourth-order valence-corrected chi connectivity index (χ4v) is 4.44. The summed E-state index contributed by atoms with van der Waals surface area (Å²) in [6.45, 7) is 4.91. The van der Waals surface area contributed by atoms with Crippen LogP contribution in [0.15, 0.2) is 46.8 Å². The highest BCUT2D eigenvalue weighted by atomic mass is 32.1. The molecule has 6 heteroatoms. The van der Waals surface area contributed by atoms with Gasteiger partial charge in [-0.2, -0.15) is 0 Å². The van der Waals surface area contributed by atoms with Crippen molar-refractivity contribution in [3.05, 3.63) is 58.0 Å². The first-order chi connectivity index (χ1) is 13.1. The van der Waals surface area contributed by atoms with Gasteiger partial charge in [0.2, 0.25) is 0 Å². The van der Waals surface area contributed by atoms with Crippen molar-refractivity contribution in [2.45, 2.75) is 25.9 Å². The summed E-state index contributed by atoms with van der Waals surface area (Å²) in [5, 5.41) is 5.66. The SMILES string of the molecule is CN=C(NCC1CCCN(Cc2cccs2)C1)N(C)Cc1cccc(F)c1. The van der Waals surface area contributed by atoms with Gasteiger partial charge in [-0.15, -0.1) is 11.3 Å². The lowest BCUT2D eigenvalue weighted by Gasteiger charge is -2.33. The molecule has 1 aliphatic heterocycles. The van der Waals surface area contributed by atoms with Crippen LogP contribution in [0.3, 0.4) is 0 Å². The van der Waals surface area contributed by atoms with Crippen molar-refractivity contribution in [1.82, 2.24) is 15.1 Å². The third-order valence-corrected chi connectivity index (χ3v) is 5.85. The highest BCUT2D eigenvalue weighted by Gasteiger charge is 2.21. The number of rotatable bonds is 6. The Morgan fingerprint density at radius 1 is 1.37 bits per heavy atom. The molecule has 1 unspecified atom stereocenters. The predicted octanol–water partition coefficient (Wildman–Crippen LogP) is 3.81. The van der Waals surface area contributed by atoms with E-state index in [0.717, 1.165) is 31.2 Å². The van der Waals surface area contributed by atoms with Gasteiger partial charge in [0.1, 0.15) is 5.82 Å². The van der Waals surface area contributed by atoms with Gasteiger partial charge in [0.05, 0.1) is 0 Å². The molecule has 3 rings (SSSR count). The number of piperidine rings is 1. The minimum absolute atomic E-state index is 0.197. The summed E-state index contributed by atoms with van der Waals surface area (Å²) in [4.78, 5) is 10.4. The average molecular weight is 389 g/mol. The van der Waals surface area contributed by atoms with E-state index < -0.39 is 0 Å². The van der Waals surface area contributed by atoms with E-state index in [1.54, 1.807) is 19.2 Å². The third kappa shape index (κ3) is 6.04. The Hall–Kier alpha value is -1.92. The number of hydrogen-bond donors (Lipinski definition) is 1. The Kier molecular flexibility index (Phi) is 7.24. The zero-order valence-electron chi connectivity index (χ0n) is 16.2. The van der Waals surface area contributed by atoms with E-state index in [2.05, 4.69) is 32.7 Å². The minimum atomic E-state index is -0.197. The van der Waals surface area contributed by atoms with Gasteiger partial charge in [0.25, 0.3) is 0 Å². The molecule has 2 heterocycles. The number of thiophene rings is 1. The lowest BCUT2D eigenvalue weighted by atomic mass is 9.98. The van der Waals surface area contributed by atoms with Crippen LogP contribution in [-0.2, 0) is 13.1 Å². The number of benzene rings is 1. The second-order valence-corrected chi connectivity index (χ2v) is 8.27. The Bertz CT molecular complexity index is 732. The number of halogens is 1. The molecule has 1 atom stereocenters. The lowest BCUT2D eigenvalue weighted by Crippen LogP contribution is -2.44. The van der Waals surface area contributed by atoms with Gasteiger partial charge >= 0.3 is 0 Å². The number of nitrogens with zero attached hydrogens (tertiary/aromatic N) is 3. The van der Waals surface area contributed by atoms with Crippen molar-refractivity contribution >= 4 is 17.3 Å². The molecule has 1 N–H and O–H groups in total. The third-order valence-electron chi connectivity index (χ3n) is 4.99. The number of aliphatic imine (C=N–C) groups is 1. The number of likely N-dealkylation sites (tertiary alicyclic amines) is 1. The first-order valence-corrected chi connectivity index (χ1v) is 10.4. The molecular formula is C21H29FN4S. The quantitative estimate of drug-likeness (QED) is 0.603. The molecule has 0 radical (unpaired) electrons. The van der Waals surface area contributed by atoms with E-state index >= 15 is 0 Å². The molecule has 146 valence electrons. The predicted molar refractivity (Wildman–Crippen MR) is 112 cm³/mol. The van der Waals surface area contributed by atoms with Crippen LogP contribution >= 0.6 is 11.3 Å². The van der Waals surface area contributed by atoms with E-state index in [1.165, 1.54) is 30.3 Å². The van der Waals surface area contributed by atoms with Gasteiger partial charge in [0.15, 0.2) is 5.96 Å². The fourth-order valence-electron chi connectivity index (χ4n) is 3.69. The number of hydrogen-bond acceptors (Lipinski definition) is 3. The van der Waals surface area contributed by atoms with Crippen molar-refractivity contribution in [1.29, 1.82) is 0 Å². The monoisotopic (exact) mass is 388 g/mol. The van der Waals surface area contributed by atoms with E-state index in [-0.39, 0.29) is 5.82 Å². The molecular weight excluding hydrogens is 359 g/mol. The van der Waals surface area contributed by atoms with E-state index in [9.17, 15) is 4.39 Å². The zero-order chi connectivity index (χ0) is 19.1. The van der Waals surface area contributed by atoms with Gasteiger partial charge in [-0.05, 0) is 54.4 Å². The highest BCUT2D eigenvalue weighted by Crippen LogP contribution is 2.20. The molecule has 1 saturated heterocycles. The largest absolute Gasteiger partial charge is 0.356 e. The summed E-state index contributed by atoms with van der Waals surface area (Å²) in [7, 11) is 3.79.